The molecule has 1 spiro atoms. The summed E-state index contributed by atoms with van der Waals surface area (Å²) in [5.41, 5.74) is 1.47. The number of hydrogen-bond donors (Lipinski definition) is 2. The molecule has 2 aromatic heterocycles. The van der Waals surface area contributed by atoms with E-state index in [1.54, 1.807) is 4.90 Å². The average Bonchev–Trinajstić information content (AvgIpc) is 3.91. The minimum absolute atomic E-state index is 0.0355. The second kappa shape index (κ2) is 14.3. The van der Waals surface area contributed by atoms with Gasteiger partial charge in [-0.15, -0.1) is 0 Å². The molecule has 3 amide bonds. The molecule has 2 aliphatic heterocycles. The van der Waals surface area contributed by atoms with Gasteiger partial charge >= 0.3 is 17.9 Å². The van der Waals surface area contributed by atoms with Gasteiger partial charge in [-0.2, -0.15) is 0 Å². The number of nitrogens with one attached hydrogen (secondary N) is 2. The third-order valence-corrected chi connectivity index (χ3v) is 12.7. The van der Waals surface area contributed by atoms with E-state index in [4.69, 9.17) is 18.3 Å². The van der Waals surface area contributed by atoms with Gasteiger partial charge in [0.2, 0.25) is 11.8 Å². The van der Waals surface area contributed by atoms with Crippen LogP contribution in [-0.2, 0) is 31.4 Å². The third-order valence-electron chi connectivity index (χ3n) is 12.7. The molecule has 3 aromatic rings. The van der Waals surface area contributed by atoms with Crippen molar-refractivity contribution in [3.05, 3.63) is 52.1 Å². The van der Waals surface area contributed by atoms with Crippen LogP contribution in [0.1, 0.15) is 105 Å². The smallest absolute Gasteiger partial charge is 0.441 e. The van der Waals surface area contributed by atoms with Crippen LogP contribution in [-0.4, -0.2) is 58.6 Å². The fraction of sp³-hybridized carbons (Fsp3) is 0.615. The molecule has 3 aliphatic carbocycles. The molecule has 4 fully saturated rings. The molecule has 53 heavy (non-hydrogen) atoms. The number of amides is 3. The van der Waals surface area contributed by atoms with E-state index in [1.165, 1.54) is 13.3 Å². The van der Waals surface area contributed by atoms with Crippen molar-refractivity contribution in [1.82, 2.24) is 14.8 Å². The van der Waals surface area contributed by atoms with E-state index in [9.17, 15) is 28.4 Å². The Kier molecular flexibility index (Phi) is 9.56. The highest BCUT2D eigenvalue weighted by molar-refractivity contribution is 6.02. The number of nitrogens with zero attached hydrogens (tertiary/aromatic N) is 2. The Morgan fingerprint density at radius 3 is 2.43 bits per heavy atom. The maximum Gasteiger partial charge on any atom is 0.519 e. The van der Waals surface area contributed by atoms with Crippen LogP contribution in [0.5, 0.6) is 0 Å². The van der Waals surface area contributed by atoms with Crippen molar-refractivity contribution in [1.29, 1.82) is 0 Å². The number of carbonyl (C=O) groups is 4. The van der Waals surface area contributed by atoms with Crippen LogP contribution >= 0.6 is 0 Å². The number of likely N-dealkylation sites (tertiary alicyclic amines) is 1. The number of fused-ring (bicyclic) bond motifs is 4. The Hall–Kier alpha value is -4.62. The predicted molar refractivity (Wildman–Crippen MR) is 189 cm³/mol. The molecule has 3 saturated carbocycles. The van der Waals surface area contributed by atoms with Crippen LogP contribution in [0.2, 0.25) is 0 Å². The van der Waals surface area contributed by atoms with Gasteiger partial charge < -0.3 is 33.8 Å². The SMILES string of the molecule is Cc1oc(=O)oc1COC(=O)N[C@H](CF)C1CCC(C(=O)N2CC[C@@H](C3CCCCC3)[C@H]2C(=O)Nc2ccc3c(c2)cc2n3C3(CCC3)OC2=O)CC1. The number of carbonyl (C=O) groups excluding carboxylic acids is 4. The molecule has 14 heteroatoms. The lowest BCUT2D eigenvalue weighted by Gasteiger charge is -2.38. The number of alkyl carbamates (subject to hydrolysis) is 1. The highest BCUT2D eigenvalue weighted by Crippen LogP contribution is 2.48. The van der Waals surface area contributed by atoms with Gasteiger partial charge in [0.1, 0.15) is 18.4 Å². The first-order valence-electron chi connectivity index (χ1n) is 19.2. The fourth-order valence-corrected chi connectivity index (χ4v) is 9.75. The van der Waals surface area contributed by atoms with Crippen molar-refractivity contribution < 1.29 is 41.9 Å². The number of alkyl halides is 1. The standard InChI is InChI=1S/C39H47FN4O9/c1-22-32(52-38(49)51-22)21-50-37(48)42-29(20-40)24-8-10-25(11-9-24)35(46)43-17-14-28(23-6-3-2-4-7-23)33(43)34(45)41-27-12-13-30-26(18-27)19-31-36(47)53-39(44(30)31)15-5-16-39/h12-13,18-19,23-25,28-29,33H,2-11,14-17,20-21H2,1H3,(H,41,45)(H,42,48)/t24?,25?,28-,29+,33-/m0/s1. The van der Waals surface area contributed by atoms with Gasteiger partial charge in [-0.1, -0.05) is 32.1 Å². The maximum atomic E-state index is 14.3. The number of benzene rings is 1. The van der Waals surface area contributed by atoms with E-state index < -0.39 is 36.4 Å². The van der Waals surface area contributed by atoms with Gasteiger partial charge in [0, 0.05) is 36.4 Å². The zero-order valence-electron chi connectivity index (χ0n) is 30.0. The first-order chi connectivity index (χ1) is 25.6. The van der Waals surface area contributed by atoms with E-state index in [2.05, 4.69) is 10.6 Å². The number of anilines is 1. The van der Waals surface area contributed by atoms with E-state index in [0.717, 1.165) is 62.3 Å². The Morgan fingerprint density at radius 2 is 1.75 bits per heavy atom. The Labute approximate surface area is 305 Å². The van der Waals surface area contributed by atoms with E-state index in [-0.39, 0.29) is 53.7 Å². The Balaban J connectivity index is 0.927. The van der Waals surface area contributed by atoms with Crippen molar-refractivity contribution in [2.45, 2.75) is 115 Å². The van der Waals surface area contributed by atoms with Crippen molar-refractivity contribution in [3.63, 3.8) is 0 Å². The summed E-state index contributed by atoms with van der Waals surface area (Å²) < 4.78 is 36.7. The summed E-state index contributed by atoms with van der Waals surface area (Å²) in [6.45, 7) is 0.913. The van der Waals surface area contributed by atoms with Gasteiger partial charge in [0.15, 0.2) is 23.9 Å². The largest absolute Gasteiger partial charge is 0.519 e. The fourth-order valence-electron chi connectivity index (χ4n) is 9.75. The molecular formula is C39H47FN4O9. The summed E-state index contributed by atoms with van der Waals surface area (Å²) in [5.74, 6) is -1.20. The maximum absolute atomic E-state index is 14.3. The quantitative estimate of drug-likeness (QED) is 0.240. The van der Waals surface area contributed by atoms with Crippen LogP contribution in [0.3, 0.4) is 0 Å². The molecule has 13 nitrogen and oxygen atoms in total. The second-order valence-electron chi connectivity index (χ2n) is 15.7. The van der Waals surface area contributed by atoms with Crippen LogP contribution in [0.4, 0.5) is 14.9 Å². The molecule has 0 unspecified atom stereocenters. The lowest BCUT2D eigenvalue weighted by atomic mass is 9.76. The summed E-state index contributed by atoms with van der Waals surface area (Å²) >= 11 is 0. The number of ether oxygens (including phenoxy) is 2. The molecule has 2 N–H and O–H groups in total. The number of rotatable bonds is 9. The molecule has 0 radical (unpaired) electrons. The van der Waals surface area contributed by atoms with E-state index in [0.29, 0.717) is 49.5 Å². The minimum atomic E-state index is -0.894. The number of aryl methyl sites for hydroxylation is 1. The van der Waals surface area contributed by atoms with Gasteiger partial charge in [0.05, 0.1) is 11.6 Å². The summed E-state index contributed by atoms with van der Waals surface area (Å²) in [5, 5.41) is 6.60. The Morgan fingerprint density at radius 1 is 0.981 bits per heavy atom. The first-order valence-corrected chi connectivity index (χ1v) is 19.2. The monoisotopic (exact) mass is 734 g/mol. The summed E-state index contributed by atoms with van der Waals surface area (Å²) in [4.78, 5) is 66.7. The van der Waals surface area contributed by atoms with Crippen molar-refractivity contribution in [2.75, 3.05) is 18.5 Å². The summed E-state index contributed by atoms with van der Waals surface area (Å²) in [6.07, 6.45) is 10.2. The van der Waals surface area contributed by atoms with Crippen molar-refractivity contribution in [2.24, 2.45) is 23.7 Å². The van der Waals surface area contributed by atoms with Crippen LogP contribution in [0, 0.1) is 30.6 Å². The molecule has 284 valence electrons. The molecule has 5 aliphatic rings. The van der Waals surface area contributed by atoms with Gasteiger partial charge in [-0.3, -0.25) is 14.2 Å². The number of aromatic nitrogens is 1. The molecule has 1 aromatic carbocycles. The van der Waals surface area contributed by atoms with Gasteiger partial charge in [-0.05, 0) is 87.5 Å². The first kappa shape index (κ1) is 35.4. The highest BCUT2D eigenvalue weighted by atomic mass is 19.1. The van der Waals surface area contributed by atoms with Gasteiger partial charge in [-0.25, -0.2) is 18.8 Å². The van der Waals surface area contributed by atoms with Crippen LogP contribution in [0.15, 0.2) is 37.9 Å². The zero-order valence-corrected chi connectivity index (χ0v) is 30.0. The summed E-state index contributed by atoms with van der Waals surface area (Å²) in [6, 6.07) is 6.15. The van der Waals surface area contributed by atoms with E-state index >= 15 is 0 Å². The average molecular weight is 735 g/mol. The topological polar surface area (TPSA) is 162 Å². The van der Waals surface area contributed by atoms with Gasteiger partial charge in [0.25, 0.3) is 0 Å². The molecule has 8 rings (SSSR count). The molecule has 4 heterocycles. The summed E-state index contributed by atoms with van der Waals surface area (Å²) in [7, 11) is 0. The molecule has 1 saturated heterocycles. The number of esters is 1. The molecule has 3 atom stereocenters. The Bertz CT molecular complexity index is 1950. The number of hydrogen-bond acceptors (Lipinski definition) is 9. The lowest BCUT2D eigenvalue weighted by molar-refractivity contribution is -0.142. The van der Waals surface area contributed by atoms with Crippen LogP contribution in [0.25, 0.3) is 10.9 Å². The highest BCUT2D eigenvalue weighted by Gasteiger charge is 2.51. The second-order valence-corrected chi connectivity index (χ2v) is 15.7. The zero-order chi connectivity index (χ0) is 36.9. The normalized spacial score (nSPS) is 25.8. The molecular weight excluding hydrogens is 687 g/mol. The molecule has 0 bridgehead atoms. The van der Waals surface area contributed by atoms with Crippen LogP contribution < -0.4 is 16.5 Å². The van der Waals surface area contributed by atoms with E-state index in [1.807, 2.05) is 28.8 Å². The minimum Gasteiger partial charge on any atom is -0.441 e. The van der Waals surface area contributed by atoms with Crippen molar-refractivity contribution in [3.8, 4) is 0 Å². The number of halogens is 1. The third kappa shape index (κ3) is 6.62. The van der Waals surface area contributed by atoms with Crippen molar-refractivity contribution >= 4 is 40.5 Å². The lowest BCUT2D eigenvalue weighted by Crippen LogP contribution is -2.50. The predicted octanol–water partition coefficient (Wildman–Crippen LogP) is 6.31.